The number of carbonyl (C=O) groups excluding carboxylic acids is 1. The molecule has 0 radical (unpaired) electrons. The molecule has 1 aromatic carbocycles. The van der Waals surface area contributed by atoms with Gasteiger partial charge in [-0.1, -0.05) is 12.1 Å². The molecule has 5 nitrogen and oxygen atoms in total. The summed E-state index contributed by atoms with van der Waals surface area (Å²) >= 11 is 5.19. The summed E-state index contributed by atoms with van der Waals surface area (Å²) in [6, 6.07) is 7.29. The average molecular weight is 371 g/mol. The molecule has 138 valence electrons. The van der Waals surface area contributed by atoms with E-state index >= 15 is 0 Å². The van der Waals surface area contributed by atoms with E-state index in [1.165, 1.54) is 29.0 Å². The van der Waals surface area contributed by atoms with Crippen molar-refractivity contribution in [3.8, 4) is 0 Å². The predicted octanol–water partition coefficient (Wildman–Crippen LogP) is 2.15. The fourth-order valence-electron chi connectivity index (χ4n) is 4.92. The molecule has 0 bridgehead atoms. The van der Waals surface area contributed by atoms with Crippen molar-refractivity contribution >= 4 is 34.1 Å². The number of benzene rings is 1. The number of hydrogen-bond acceptors (Lipinski definition) is 3. The van der Waals surface area contributed by atoms with E-state index in [2.05, 4.69) is 58.6 Å². The minimum atomic E-state index is -0.126. The first-order valence-corrected chi connectivity index (χ1v) is 9.67. The van der Waals surface area contributed by atoms with Crippen molar-refractivity contribution < 1.29 is 4.79 Å². The van der Waals surface area contributed by atoms with Crippen LogP contribution in [-0.4, -0.2) is 46.7 Å². The third-order valence-electron chi connectivity index (χ3n) is 5.96. The number of nitrogens with one attached hydrogen (secondary N) is 2. The Morgan fingerprint density at radius 3 is 2.92 bits per heavy atom. The lowest BCUT2D eigenvalue weighted by atomic mass is 9.72. The topological polar surface area (TPSA) is 49.3 Å². The second-order valence-electron chi connectivity index (χ2n) is 7.82. The highest BCUT2D eigenvalue weighted by Gasteiger charge is 2.39. The summed E-state index contributed by atoms with van der Waals surface area (Å²) in [5.74, 6) is 0.931. The number of aromatic nitrogens is 1. The molecule has 1 amide bonds. The van der Waals surface area contributed by atoms with Crippen molar-refractivity contribution in [2.75, 3.05) is 20.1 Å². The molecule has 1 aliphatic heterocycles. The van der Waals surface area contributed by atoms with Crippen LogP contribution < -0.4 is 10.6 Å². The van der Waals surface area contributed by atoms with Crippen LogP contribution >= 0.6 is 12.2 Å². The van der Waals surface area contributed by atoms with Crippen LogP contribution in [0.5, 0.6) is 0 Å². The van der Waals surface area contributed by atoms with Crippen molar-refractivity contribution in [2.45, 2.75) is 31.7 Å². The molecule has 2 heterocycles. The highest BCUT2D eigenvalue weighted by Crippen LogP contribution is 2.44. The second kappa shape index (κ2) is 6.67. The van der Waals surface area contributed by atoms with Crippen molar-refractivity contribution in [2.24, 2.45) is 13.0 Å². The van der Waals surface area contributed by atoms with Crippen LogP contribution in [0.15, 0.2) is 24.4 Å². The van der Waals surface area contributed by atoms with Crippen LogP contribution in [0.4, 0.5) is 0 Å². The smallest absolute Gasteiger partial charge is 0.222 e. The number of rotatable bonds is 2. The summed E-state index contributed by atoms with van der Waals surface area (Å²) in [7, 11) is 4.38. The molecule has 2 aliphatic rings. The zero-order valence-electron chi connectivity index (χ0n) is 15.6. The average Bonchev–Trinajstić information content (AvgIpc) is 2.91. The minimum absolute atomic E-state index is 0.126. The van der Waals surface area contributed by atoms with Crippen molar-refractivity contribution in [3.63, 3.8) is 0 Å². The zero-order chi connectivity index (χ0) is 18.4. The van der Waals surface area contributed by atoms with E-state index in [1.54, 1.807) is 0 Å². The molecule has 1 aliphatic carbocycles. The van der Waals surface area contributed by atoms with Gasteiger partial charge in [-0.05, 0) is 55.2 Å². The number of hydrogen-bond donors (Lipinski definition) is 2. The van der Waals surface area contributed by atoms with E-state index in [9.17, 15) is 4.79 Å². The SMILES string of the molecule is CC(=O)NC(=S)NC[C@@H]1C[C@@H]2c3cccc4c3c(cn4C)C[C@H]2N(C)C1. The van der Waals surface area contributed by atoms with Gasteiger partial charge in [-0.2, -0.15) is 0 Å². The number of thiocarbonyl (C=S) groups is 1. The first kappa shape index (κ1) is 17.5. The first-order valence-electron chi connectivity index (χ1n) is 9.26. The molecule has 3 atom stereocenters. The van der Waals surface area contributed by atoms with E-state index in [4.69, 9.17) is 12.2 Å². The highest BCUT2D eigenvalue weighted by atomic mass is 32.1. The number of piperidine rings is 1. The Hall–Kier alpha value is -1.92. The van der Waals surface area contributed by atoms with E-state index in [-0.39, 0.29) is 5.91 Å². The number of fused-ring (bicyclic) bond motifs is 2. The van der Waals surface area contributed by atoms with E-state index < -0.39 is 0 Å². The van der Waals surface area contributed by atoms with Gasteiger partial charge >= 0.3 is 0 Å². The number of likely N-dealkylation sites (N-methyl/N-ethyl adjacent to an activating group) is 1. The van der Waals surface area contributed by atoms with Crippen molar-refractivity contribution in [1.29, 1.82) is 0 Å². The molecular weight excluding hydrogens is 344 g/mol. The summed E-state index contributed by atoms with van der Waals surface area (Å²) in [5, 5.41) is 7.76. The molecule has 26 heavy (non-hydrogen) atoms. The Morgan fingerprint density at radius 1 is 1.35 bits per heavy atom. The lowest BCUT2D eigenvalue weighted by Crippen LogP contribution is -2.51. The Morgan fingerprint density at radius 2 is 2.15 bits per heavy atom. The molecule has 0 unspecified atom stereocenters. The van der Waals surface area contributed by atoms with E-state index in [1.807, 2.05) is 0 Å². The number of aryl methyl sites for hydroxylation is 1. The maximum absolute atomic E-state index is 11.1. The fourth-order valence-corrected chi connectivity index (χ4v) is 5.15. The number of amides is 1. The number of nitrogens with zero attached hydrogens (tertiary/aromatic N) is 2. The van der Waals surface area contributed by atoms with Gasteiger partial charge < -0.3 is 20.1 Å². The standard InChI is InChI=1S/C20H26N4OS/c1-12(25)22-20(26)21-9-13-7-16-15-5-4-6-17-19(15)14(11-24(17)3)8-18(16)23(2)10-13/h4-6,11,13,16,18H,7-10H2,1-3H3,(H2,21,22,25,26)/t13-,16+,18+/m0/s1. The third-order valence-corrected chi connectivity index (χ3v) is 6.21. The van der Waals surface area contributed by atoms with Crippen LogP contribution in [0.25, 0.3) is 10.9 Å². The van der Waals surface area contributed by atoms with Gasteiger partial charge in [0.2, 0.25) is 5.91 Å². The first-order chi connectivity index (χ1) is 12.4. The summed E-state index contributed by atoms with van der Waals surface area (Å²) in [5.41, 5.74) is 4.32. The molecule has 0 spiro atoms. The normalized spacial score (nSPS) is 25.0. The minimum Gasteiger partial charge on any atom is -0.362 e. The molecule has 1 saturated heterocycles. The Balaban J connectivity index is 1.56. The number of carbonyl (C=O) groups is 1. The zero-order valence-corrected chi connectivity index (χ0v) is 16.4. The fraction of sp³-hybridized carbons (Fsp3) is 0.500. The van der Waals surface area contributed by atoms with Crippen LogP contribution in [0.3, 0.4) is 0 Å². The monoisotopic (exact) mass is 370 g/mol. The lowest BCUT2D eigenvalue weighted by Gasteiger charge is -2.45. The Labute approximate surface area is 159 Å². The second-order valence-corrected chi connectivity index (χ2v) is 8.23. The summed E-state index contributed by atoms with van der Waals surface area (Å²) in [6.07, 6.45) is 4.58. The molecule has 4 rings (SSSR count). The molecule has 0 saturated carbocycles. The lowest BCUT2D eigenvalue weighted by molar-refractivity contribution is -0.117. The molecule has 2 N–H and O–H groups in total. The van der Waals surface area contributed by atoms with Gasteiger partial charge in [0.25, 0.3) is 0 Å². The maximum atomic E-state index is 11.1. The molecular formula is C20H26N4OS. The van der Waals surface area contributed by atoms with Crippen molar-refractivity contribution in [1.82, 2.24) is 20.1 Å². The van der Waals surface area contributed by atoms with Gasteiger partial charge in [-0.3, -0.25) is 4.79 Å². The summed E-state index contributed by atoms with van der Waals surface area (Å²) in [4.78, 5) is 13.6. The summed E-state index contributed by atoms with van der Waals surface area (Å²) in [6.45, 7) is 3.33. The maximum Gasteiger partial charge on any atom is 0.222 e. The largest absolute Gasteiger partial charge is 0.362 e. The van der Waals surface area contributed by atoms with Crippen LogP contribution in [0.2, 0.25) is 0 Å². The van der Waals surface area contributed by atoms with Gasteiger partial charge in [0, 0.05) is 56.1 Å². The third kappa shape index (κ3) is 3.01. The Kier molecular flexibility index (Phi) is 4.49. The predicted molar refractivity (Wildman–Crippen MR) is 108 cm³/mol. The molecule has 2 aromatic rings. The van der Waals surface area contributed by atoms with Gasteiger partial charge in [0.1, 0.15) is 0 Å². The summed E-state index contributed by atoms with van der Waals surface area (Å²) < 4.78 is 2.26. The van der Waals surface area contributed by atoms with Gasteiger partial charge in [-0.25, -0.2) is 0 Å². The highest BCUT2D eigenvalue weighted by molar-refractivity contribution is 7.80. The molecule has 1 fully saturated rings. The van der Waals surface area contributed by atoms with E-state index in [0.717, 1.165) is 25.9 Å². The molecule has 6 heteroatoms. The van der Waals surface area contributed by atoms with Crippen LogP contribution in [0.1, 0.15) is 30.4 Å². The Bertz CT molecular complexity index is 874. The molecule has 1 aromatic heterocycles. The van der Waals surface area contributed by atoms with Crippen LogP contribution in [0, 0.1) is 5.92 Å². The van der Waals surface area contributed by atoms with Crippen LogP contribution in [-0.2, 0) is 18.3 Å². The van der Waals surface area contributed by atoms with Crippen molar-refractivity contribution in [3.05, 3.63) is 35.5 Å². The quantitative estimate of drug-likeness (QED) is 0.796. The number of likely N-dealkylation sites (tertiary alicyclic amines) is 1. The van der Waals surface area contributed by atoms with Gasteiger partial charge in [0.15, 0.2) is 5.11 Å². The van der Waals surface area contributed by atoms with E-state index in [0.29, 0.717) is 23.0 Å². The van der Waals surface area contributed by atoms with Gasteiger partial charge in [-0.15, -0.1) is 0 Å². The van der Waals surface area contributed by atoms with Gasteiger partial charge in [0.05, 0.1) is 0 Å².